The Bertz CT molecular complexity index is 987. The lowest BCUT2D eigenvalue weighted by Crippen LogP contribution is -2.32. The SMILES string of the molecule is COc1ccccc1C1CC1C(=O)N(Cc1cccc(C)c1)Cc1ccccn1. The third-order valence-electron chi connectivity index (χ3n) is 5.49. The van der Waals surface area contributed by atoms with E-state index in [9.17, 15) is 4.79 Å². The fraction of sp³-hybridized carbons (Fsp3) is 0.280. The lowest BCUT2D eigenvalue weighted by atomic mass is 10.1. The van der Waals surface area contributed by atoms with Gasteiger partial charge in [-0.25, -0.2) is 0 Å². The molecule has 2 aromatic carbocycles. The number of pyridine rings is 1. The lowest BCUT2D eigenvalue weighted by Gasteiger charge is -2.23. The van der Waals surface area contributed by atoms with Crippen molar-refractivity contribution in [3.8, 4) is 5.75 Å². The van der Waals surface area contributed by atoms with Crippen LogP contribution in [0.15, 0.2) is 72.9 Å². The number of benzene rings is 2. The third kappa shape index (κ3) is 4.48. The van der Waals surface area contributed by atoms with Gasteiger partial charge < -0.3 is 9.64 Å². The normalized spacial score (nSPS) is 17.6. The lowest BCUT2D eigenvalue weighted by molar-refractivity contribution is -0.134. The number of aryl methyl sites for hydroxylation is 1. The van der Waals surface area contributed by atoms with Crippen LogP contribution in [0.2, 0.25) is 0 Å². The van der Waals surface area contributed by atoms with Gasteiger partial charge in [-0.2, -0.15) is 0 Å². The summed E-state index contributed by atoms with van der Waals surface area (Å²) in [4.78, 5) is 19.8. The van der Waals surface area contributed by atoms with Crippen LogP contribution in [0.1, 0.15) is 34.7 Å². The largest absolute Gasteiger partial charge is 0.496 e. The molecule has 148 valence electrons. The first-order valence-electron chi connectivity index (χ1n) is 10.0. The molecule has 1 aromatic heterocycles. The van der Waals surface area contributed by atoms with Crippen LogP contribution in [0.5, 0.6) is 5.75 Å². The highest BCUT2D eigenvalue weighted by molar-refractivity contribution is 5.83. The average molecular weight is 386 g/mol. The van der Waals surface area contributed by atoms with Crippen LogP contribution in [-0.2, 0) is 17.9 Å². The summed E-state index contributed by atoms with van der Waals surface area (Å²) in [6.45, 7) is 3.18. The Balaban J connectivity index is 1.55. The van der Waals surface area contributed by atoms with Crippen molar-refractivity contribution in [2.75, 3.05) is 7.11 Å². The molecule has 2 atom stereocenters. The minimum absolute atomic E-state index is 0.000165. The van der Waals surface area contributed by atoms with Crippen molar-refractivity contribution in [1.82, 2.24) is 9.88 Å². The summed E-state index contributed by atoms with van der Waals surface area (Å²) in [5.74, 6) is 1.28. The van der Waals surface area contributed by atoms with E-state index < -0.39 is 0 Å². The van der Waals surface area contributed by atoms with Crippen LogP contribution in [0, 0.1) is 12.8 Å². The molecule has 1 fully saturated rings. The topological polar surface area (TPSA) is 42.4 Å². The van der Waals surface area contributed by atoms with Crippen LogP contribution in [-0.4, -0.2) is 22.9 Å². The first-order chi connectivity index (χ1) is 14.2. The zero-order valence-corrected chi connectivity index (χ0v) is 16.9. The highest BCUT2D eigenvalue weighted by Crippen LogP contribution is 2.51. The maximum absolute atomic E-state index is 13.4. The number of rotatable bonds is 7. The zero-order valence-electron chi connectivity index (χ0n) is 16.9. The van der Waals surface area contributed by atoms with Crippen LogP contribution >= 0.6 is 0 Å². The molecule has 4 heteroatoms. The van der Waals surface area contributed by atoms with Crippen molar-refractivity contribution in [3.63, 3.8) is 0 Å². The summed E-state index contributed by atoms with van der Waals surface area (Å²) in [6.07, 6.45) is 2.64. The predicted molar refractivity (Wildman–Crippen MR) is 114 cm³/mol. The number of methoxy groups -OCH3 is 1. The van der Waals surface area contributed by atoms with E-state index in [0.717, 1.165) is 29.0 Å². The molecule has 0 radical (unpaired) electrons. The number of hydrogen-bond donors (Lipinski definition) is 0. The molecule has 4 nitrogen and oxygen atoms in total. The standard InChI is InChI=1S/C25H26N2O2/c1-18-8-7-9-19(14-18)16-27(17-20-10-5-6-13-26-20)25(28)23-15-22(23)21-11-3-4-12-24(21)29-2/h3-14,22-23H,15-17H2,1-2H3. The fourth-order valence-corrected chi connectivity index (χ4v) is 3.95. The van der Waals surface area contributed by atoms with E-state index in [2.05, 4.69) is 36.2 Å². The summed E-state index contributed by atoms with van der Waals surface area (Å²) < 4.78 is 5.50. The van der Waals surface area contributed by atoms with Crippen molar-refractivity contribution < 1.29 is 9.53 Å². The number of ether oxygens (including phenoxy) is 1. The Kier molecular flexibility index (Phi) is 5.61. The Morgan fingerprint density at radius 3 is 2.66 bits per heavy atom. The van der Waals surface area contributed by atoms with E-state index in [1.165, 1.54) is 5.56 Å². The van der Waals surface area contributed by atoms with Crippen molar-refractivity contribution in [1.29, 1.82) is 0 Å². The maximum atomic E-state index is 13.4. The second kappa shape index (κ2) is 8.48. The number of carbonyl (C=O) groups excluding carboxylic acids is 1. The molecule has 1 heterocycles. The number of para-hydroxylation sites is 1. The fourth-order valence-electron chi connectivity index (χ4n) is 3.95. The number of aromatic nitrogens is 1. The van der Waals surface area contributed by atoms with Gasteiger partial charge in [0, 0.05) is 18.7 Å². The molecule has 0 aliphatic heterocycles. The van der Waals surface area contributed by atoms with Gasteiger partial charge in [0.15, 0.2) is 0 Å². The van der Waals surface area contributed by atoms with E-state index in [1.807, 2.05) is 47.4 Å². The molecule has 1 saturated carbocycles. The highest BCUT2D eigenvalue weighted by Gasteiger charge is 2.47. The number of nitrogens with zero attached hydrogens (tertiary/aromatic N) is 2. The van der Waals surface area contributed by atoms with Gasteiger partial charge >= 0.3 is 0 Å². The van der Waals surface area contributed by atoms with Gasteiger partial charge in [0.1, 0.15) is 5.75 Å². The summed E-state index contributed by atoms with van der Waals surface area (Å²) in [6, 6.07) is 22.2. The van der Waals surface area contributed by atoms with Crippen LogP contribution in [0.3, 0.4) is 0 Å². The number of amides is 1. The minimum atomic E-state index is -0.000165. The molecule has 0 bridgehead atoms. The van der Waals surface area contributed by atoms with Crippen molar-refractivity contribution >= 4 is 5.91 Å². The molecule has 2 unspecified atom stereocenters. The summed E-state index contributed by atoms with van der Waals surface area (Å²) >= 11 is 0. The molecular weight excluding hydrogens is 360 g/mol. The third-order valence-corrected chi connectivity index (χ3v) is 5.49. The molecular formula is C25H26N2O2. The molecule has 1 aliphatic carbocycles. The number of carbonyl (C=O) groups is 1. The van der Waals surface area contributed by atoms with E-state index in [-0.39, 0.29) is 17.7 Å². The average Bonchev–Trinajstić information content (AvgIpc) is 3.54. The molecule has 3 aromatic rings. The highest BCUT2D eigenvalue weighted by atomic mass is 16.5. The van der Waals surface area contributed by atoms with E-state index in [0.29, 0.717) is 13.1 Å². The van der Waals surface area contributed by atoms with E-state index in [1.54, 1.807) is 13.3 Å². The smallest absolute Gasteiger partial charge is 0.226 e. The van der Waals surface area contributed by atoms with Crippen molar-refractivity contribution in [3.05, 3.63) is 95.3 Å². The van der Waals surface area contributed by atoms with Gasteiger partial charge in [0.05, 0.1) is 19.3 Å². The Hall–Kier alpha value is -3.14. The first kappa shape index (κ1) is 19.2. The van der Waals surface area contributed by atoms with Gasteiger partial charge in [0.25, 0.3) is 0 Å². The molecule has 1 amide bonds. The predicted octanol–water partition coefficient (Wildman–Crippen LogP) is 4.73. The Morgan fingerprint density at radius 1 is 1.07 bits per heavy atom. The molecule has 29 heavy (non-hydrogen) atoms. The van der Waals surface area contributed by atoms with Gasteiger partial charge in [0.2, 0.25) is 5.91 Å². The zero-order chi connectivity index (χ0) is 20.2. The van der Waals surface area contributed by atoms with Gasteiger partial charge in [-0.15, -0.1) is 0 Å². The Morgan fingerprint density at radius 2 is 1.90 bits per heavy atom. The van der Waals surface area contributed by atoms with Gasteiger partial charge in [-0.3, -0.25) is 9.78 Å². The Labute approximate surface area is 172 Å². The molecule has 0 saturated heterocycles. The van der Waals surface area contributed by atoms with E-state index >= 15 is 0 Å². The van der Waals surface area contributed by atoms with Crippen LogP contribution < -0.4 is 4.74 Å². The summed E-state index contributed by atoms with van der Waals surface area (Å²) in [7, 11) is 1.68. The van der Waals surface area contributed by atoms with Crippen molar-refractivity contribution in [2.24, 2.45) is 5.92 Å². The summed E-state index contributed by atoms with van der Waals surface area (Å²) in [5, 5.41) is 0. The number of hydrogen-bond acceptors (Lipinski definition) is 3. The maximum Gasteiger partial charge on any atom is 0.226 e. The molecule has 0 N–H and O–H groups in total. The van der Waals surface area contributed by atoms with Crippen molar-refractivity contribution in [2.45, 2.75) is 32.4 Å². The molecule has 0 spiro atoms. The second-order valence-electron chi connectivity index (χ2n) is 7.70. The molecule has 1 aliphatic rings. The van der Waals surface area contributed by atoms with Gasteiger partial charge in [-0.1, -0.05) is 54.1 Å². The van der Waals surface area contributed by atoms with Crippen LogP contribution in [0.4, 0.5) is 0 Å². The summed E-state index contributed by atoms with van der Waals surface area (Å²) in [5.41, 5.74) is 4.37. The van der Waals surface area contributed by atoms with Crippen LogP contribution in [0.25, 0.3) is 0 Å². The monoisotopic (exact) mass is 386 g/mol. The molecule has 4 rings (SSSR count). The quantitative estimate of drug-likeness (QED) is 0.589. The van der Waals surface area contributed by atoms with Gasteiger partial charge in [-0.05, 0) is 48.6 Å². The minimum Gasteiger partial charge on any atom is -0.496 e. The second-order valence-corrected chi connectivity index (χ2v) is 7.70. The first-order valence-corrected chi connectivity index (χ1v) is 10.0. The van der Waals surface area contributed by atoms with E-state index in [4.69, 9.17) is 4.74 Å².